The van der Waals surface area contributed by atoms with Crippen LogP contribution in [0.15, 0.2) is 30.1 Å². The summed E-state index contributed by atoms with van der Waals surface area (Å²) in [5.41, 5.74) is 9.51. The summed E-state index contributed by atoms with van der Waals surface area (Å²) in [5, 5.41) is 10.9. The number of benzene rings is 1. The Morgan fingerprint density at radius 3 is 2.75 bits per heavy atom. The lowest BCUT2D eigenvalue weighted by atomic mass is 9.88. The largest absolute Gasteiger partial charge is 0.466 e. The molecule has 6 nitrogen and oxygen atoms in total. The van der Waals surface area contributed by atoms with E-state index in [0.717, 1.165) is 16.7 Å². The number of aryl methyl sites for hydroxylation is 1. The number of esters is 1. The lowest BCUT2D eigenvalue weighted by Crippen LogP contribution is -2.21. The quantitative estimate of drug-likeness (QED) is 0.362. The van der Waals surface area contributed by atoms with Crippen LogP contribution in [-0.2, 0) is 16.1 Å². The second-order valence-corrected chi connectivity index (χ2v) is 5.96. The summed E-state index contributed by atoms with van der Waals surface area (Å²) in [4.78, 5) is 11.9. The number of aliphatic hydroxyl groups excluding tert-OH is 1. The van der Waals surface area contributed by atoms with Crippen molar-refractivity contribution in [2.75, 3.05) is 13.7 Å². The van der Waals surface area contributed by atoms with E-state index in [9.17, 15) is 9.90 Å². The number of hydrogen-bond donors (Lipinski definition) is 3. The van der Waals surface area contributed by atoms with Crippen LogP contribution in [0.4, 0.5) is 0 Å². The van der Waals surface area contributed by atoms with Gasteiger partial charge in [-0.15, -0.1) is 0 Å². The molecule has 24 heavy (non-hydrogen) atoms. The molecule has 0 saturated carbocycles. The third-order valence-electron chi connectivity index (χ3n) is 3.88. The maximum Gasteiger partial charge on any atom is 0.306 e. The number of carbonyl (C=O) groups excluding carboxylic acids is 1. The molecule has 0 aliphatic heterocycles. The van der Waals surface area contributed by atoms with Crippen LogP contribution in [-0.4, -0.2) is 29.7 Å². The van der Waals surface area contributed by atoms with Crippen LogP contribution in [0.3, 0.4) is 0 Å². The zero-order chi connectivity index (χ0) is 18.1. The van der Waals surface area contributed by atoms with Crippen LogP contribution in [0.2, 0.25) is 0 Å². The van der Waals surface area contributed by atoms with Crippen LogP contribution in [0.1, 0.15) is 48.8 Å². The fourth-order valence-electron chi connectivity index (χ4n) is 2.59. The van der Waals surface area contributed by atoms with Gasteiger partial charge in [0.15, 0.2) is 0 Å². The van der Waals surface area contributed by atoms with Crippen LogP contribution in [0.5, 0.6) is 0 Å². The van der Waals surface area contributed by atoms with E-state index in [-0.39, 0.29) is 24.9 Å². The predicted octanol–water partition coefficient (Wildman–Crippen LogP) is 1.91. The molecule has 0 saturated heterocycles. The predicted molar refractivity (Wildman–Crippen MR) is 94.5 cm³/mol. The number of rotatable bonds is 9. The first-order valence-electron chi connectivity index (χ1n) is 8.17. The van der Waals surface area contributed by atoms with Crippen molar-refractivity contribution in [3.8, 4) is 0 Å². The van der Waals surface area contributed by atoms with Gasteiger partial charge >= 0.3 is 5.97 Å². The lowest BCUT2D eigenvalue weighted by Gasteiger charge is -2.19. The van der Waals surface area contributed by atoms with Gasteiger partial charge in [0.25, 0.3) is 0 Å². The zero-order valence-corrected chi connectivity index (χ0v) is 14.8. The minimum atomic E-state index is -0.230. The van der Waals surface area contributed by atoms with Gasteiger partial charge in [0, 0.05) is 18.9 Å². The Morgan fingerprint density at radius 1 is 1.46 bits per heavy atom. The van der Waals surface area contributed by atoms with E-state index in [0.29, 0.717) is 25.1 Å². The van der Waals surface area contributed by atoms with Gasteiger partial charge in [-0.2, -0.15) is 0 Å². The molecule has 0 aliphatic rings. The number of carbonyl (C=O) groups is 1. The molecule has 0 fully saturated rings. The number of ether oxygens (including phenoxy) is 1. The van der Waals surface area contributed by atoms with Gasteiger partial charge in [-0.05, 0) is 49.3 Å². The second-order valence-electron chi connectivity index (χ2n) is 5.96. The molecule has 1 rings (SSSR count). The summed E-state index contributed by atoms with van der Waals surface area (Å²) < 4.78 is 5.08. The highest BCUT2D eigenvalue weighted by Gasteiger charge is 2.18. The number of hydrogen-bond acceptors (Lipinski definition) is 6. The minimum Gasteiger partial charge on any atom is -0.466 e. The molecule has 0 bridgehead atoms. The Labute approximate surface area is 144 Å². The molecule has 1 unspecified atom stereocenters. The smallest absolute Gasteiger partial charge is 0.306 e. The fourth-order valence-corrected chi connectivity index (χ4v) is 2.59. The summed E-state index contributed by atoms with van der Waals surface area (Å²) in [6.45, 7) is 4.08. The average molecular weight is 335 g/mol. The van der Waals surface area contributed by atoms with E-state index in [2.05, 4.69) is 0 Å². The van der Waals surface area contributed by atoms with Crippen LogP contribution >= 0.6 is 0 Å². The van der Waals surface area contributed by atoms with Crippen molar-refractivity contribution in [1.82, 2.24) is 5.01 Å². The van der Waals surface area contributed by atoms with Crippen LogP contribution in [0.25, 0.3) is 0 Å². The van der Waals surface area contributed by atoms with E-state index in [4.69, 9.17) is 16.3 Å². The first-order valence-corrected chi connectivity index (χ1v) is 8.17. The molecule has 1 atom stereocenters. The Kier molecular flexibility index (Phi) is 8.29. The van der Waals surface area contributed by atoms with Crippen molar-refractivity contribution in [3.63, 3.8) is 0 Å². The Bertz CT molecular complexity index is 571. The van der Waals surface area contributed by atoms with Gasteiger partial charge in [0.05, 0.1) is 19.6 Å². The monoisotopic (exact) mass is 335 g/mol. The van der Waals surface area contributed by atoms with E-state index in [1.54, 1.807) is 20.2 Å². The highest BCUT2D eigenvalue weighted by Crippen LogP contribution is 2.28. The average Bonchev–Trinajstić information content (AvgIpc) is 2.51. The SMILES string of the molecule is CCOC(=O)CC(CC/C(N)=C/N(C)N)c1ccc(C)c(CO)c1. The van der Waals surface area contributed by atoms with Crippen molar-refractivity contribution < 1.29 is 14.6 Å². The first-order chi connectivity index (χ1) is 11.4. The molecule has 0 aromatic heterocycles. The van der Waals surface area contributed by atoms with Crippen LogP contribution < -0.4 is 11.6 Å². The molecule has 0 aliphatic carbocycles. The van der Waals surface area contributed by atoms with Crippen LogP contribution in [0, 0.1) is 6.92 Å². The summed E-state index contributed by atoms with van der Waals surface area (Å²) in [5.74, 6) is 5.31. The second kappa shape index (κ2) is 9.95. The maximum atomic E-state index is 11.9. The fraction of sp³-hybridized carbons (Fsp3) is 0.500. The Balaban J connectivity index is 2.94. The summed E-state index contributed by atoms with van der Waals surface area (Å²) in [7, 11) is 1.70. The molecular weight excluding hydrogens is 306 g/mol. The first kappa shape index (κ1) is 20.0. The molecule has 0 radical (unpaired) electrons. The molecule has 134 valence electrons. The Hall–Kier alpha value is -2.05. The van der Waals surface area contributed by atoms with Gasteiger partial charge in [0.2, 0.25) is 0 Å². The van der Waals surface area contributed by atoms with E-state index >= 15 is 0 Å². The third kappa shape index (κ3) is 6.60. The zero-order valence-electron chi connectivity index (χ0n) is 14.8. The van der Waals surface area contributed by atoms with Gasteiger partial charge in [0.1, 0.15) is 0 Å². The van der Waals surface area contributed by atoms with E-state index in [1.165, 1.54) is 5.01 Å². The molecule has 1 aromatic carbocycles. The molecule has 0 spiro atoms. The van der Waals surface area contributed by atoms with Crippen molar-refractivity contribution >= 4 is 5.97 Å². The van der Waals surface area contributed by atoms with Gasteiger partial charge < -0.3 is 20.6 Å². The third-order valence-corrected chi connectivity index (χ3v) is 3.88. The highest BCUT2D eigenvalue weighted by atomic mass is 16.5. The molecule has 6 heteroatoms. The molecule has 0 heterocycles. The number of hydrazine groups is 1. The molecule has 5 N–H and O–H groups in total. The minimum absolute atomic E-state index is 0.0220. The number of nitrogens with two attached hydrogens (primary N) is 2. The molecular formula is C18H29N3O3. The van der Waals surface area contributed by atoms with Crippen molar-refractivity contribution in [2.24, 2.45) is 11.6 Å². The topological polar surface area (TPSA) is 102 Å². The number of allylic oxidation sites excluding steroid dienone is 1. The Morgan fingerprint density at radius 2 is 2.17 bits per heavy atom. The highest BCUT2D eigenvalue weighted by molar-refractivity contribution is 5.70. The van der Waals surface area contributed by atoms with Gasteiger partial charge in [-0.1, -0.05) is 18.2 Å². The maximum absolute atomic E-state index is 11.9. The lowest BCUT2D eigenvalue weighted by molar-refractivity contribution is -0.143. The number of aliphatic hydroxyl groups is 1. The normalized spacial score (nSPS) is 12.8. The summed E-state index contributed by atoms with van der Waals surface area (Å²) >= 11 is 0. The standard InChI is InChI=1S/C18H29N3O3/c1-4-24-18(23)10-15(7-8-17(19)11-21(3)20)14-6-5-13(2)16(9-14)12-22/h5-6,9,11,15,22H,4,7-8,10,12,19-20H2,1-3H3/b17-11-. The molecule has 0 amide bonds. The summed E-state index contributed by atoms with van der Waals surface area (Å²) in [6, 6.07) is 5.91. The van der Waals surface area contributed by atoms with Crippen molar-refractivity contribution in [3.05, 3.63) is 46.8 Å². The number of nitrogens with zero attached hydrogens (tertiary/aromatic N) is 1. The van der Waals surface area contributed by atoms with E-state index < -0.39 is 0 Å². The van der Waals surface area contributed by atoms with E-state index in [1.807, 2.05) is 25.1 Å². The van der Waals surface area contributed by atoms with Crippen molar-refractivity contribution in [2.45, 2.75) is 45.6 Å². The van der Waals surface area contributed by atoms with Gasteiger partial charge in [-0.25, -0.2) is 5.84 Å². The van der Waals surface area contributed by atoms with Crippen molar-refractivity contribution in [1.29, 1.82) is 0 Å². The van der Waals surface area contributed by atoms with Gasteiger partial charge in [-0.3, -0.25) is 4.79 Å². The summed E-state index contributed by atoms with van der Waals surface area (Å²) in [6.07, 6.45) is 3.26. The molecule has 1 aromatic rings.